The van der Waals surface area contributed by atoms with E-state index >= 15 is 0 Å². The third-order valence-corrected chi connectivity index (χ3v) is 5.59. The van der Waals surface area contributed by atoms with Gasteiger partial charge in [0.05, 0.1) is 4.90 Å². The number of carbonyl (C=O) groups excluding carboxylic acids is 1. The molecule has 4 nitrogen and oxygen atoms in total. The van der Waals surface area contributed by atoms with Gasteiger partial charge >= 0.3 is 0 Å². The normalized spacial score (nSPS) is 16.1. The molecule has 2 aromatic rings. The average Bonchev–Trinajstić information content (AvgIpc) is 2.77. The summed E-state index contributed by atoms with van der Waals surface area (Å²) in [6, 6.07) is 12.3. The Hall–Kier alpha value is -2.14. The molecule has 1 aliphatic rings. The van der Waals surface area contributed by atoms with Crippen LogP contribution < -0.4 is 4.90 Å². The quantitative estimate of drug-likeness (QED) is 0.840. The molecule has 0 atom stereocenters. The molecule has 0 saturated carbocycles. The molecular weight excluding hydrogens is 322 g/mol. The Balaban J connectivity index is 2.04. The molecule has 0 aromatic heterocycles. The van der Waals surface area contributed by atoms with Crippen LogP contribution in [0.5, 0.6) is 0 Å². The summed E-state index contributed by atoms with van der Waals surface area (Å²) in [5, 5.41) is 0. The smallest absolute Gasteiger partial charge is 0.258 e. The summed E-state index contributed by atoms with van der Waals surface area (Å²) < 4.78 is 23.5. The maximum atomic E-state index is 13.0. The number of aryl methyl sites for hydroxylation is 1. The third-order valence-electron chi connectivity index (χ3n) is 4.48. The zero-order valence-electron chi connectivity index (χ0n) is 14.3. The number of nitrogens with zero attached hydrogens (tertiary/aromatic N) is 1. The van der Waals surface area contributed by atoms with E-state index in [0.29, 0.717) is 12.1 Å². The van der Waals surface area contributed by atoms with Gasteiger partial charge in [-0.05, 0) is 36.8 Å². The lowest BCUT2D eigenvalue weighted by molar-refractivity contribution is 0.0985. The van der Waals surface area contributed by atoms with Crippen LogP contribution in [0, 0.1) is 6.92 Å². The van der Waals surface area contributed by atoms with Crippen LogP contribution in [-0.2, 0) is 15.3 Å². The number of benzene rings is 2. The lowest BCUT2D eigenvalue weighted by Crippen LogP contribution is -2.34. The van der Waals surface area contributed by atoms with E-state index in [2.05, 4.69) is 19.9 Å². The van der Waals surface area contributed by atoms with Gasteiger partial charge < -0.3 is 4.90 Å². The minimum absolute atomic E-state index is 0.133. The van der Waals surface area contributed by atoms with E-state index in [0.717, 1.165) is 23.1 Å². The maximum Gasteiger partial charge on any atom is 0.258 e. The number of anilines is 1. The first kappa shape index (κ1) is 16.7. The molecule has 3 rings (SSSR count). The topological polar surface area (TPSA) is 54.5 Å². The van der Waals surface area contributed by atoms with E-state index in [1.165, 1.54) is 12.1 Å². The highest BCUT2D eigenvalue weighted by Gasteiger charge is 2.38. The average molecular weight is 343 g/mol. The van der Waals surface area contributed by atoms with Gasteiger partial charge in [-0.1, -0.05) is 37.6 Å². The second-order valence-electron chi connectivity index (χ2n) is 7.10. The van der Waals surface area contributed by atoms with Crippen molar-refractivity contribution in [3.05, 3.63) is 59.2 Å². The molecule has 5 heteroatoms. The van der Waals surface area contributed by atoms with E-state index in [1.807, 2.05) is 19.1 Å². The van der Waals surface area contributed by atoms with Gasteiger partial charge in [0.15, 0.2) is 9.84 Å². The molecule has 0 N–H and O–H groups in total. The second kappa shape index (κ2) is 5.45. The Morgan fingerprint density at radius 1 is 1.12 bits per heavy atom. The van der Waals surface area contributed by atoms with E-state index < -0.39 is 9.84 Å². The highest BCUT2D eigenvalue weighted by Crippen LogP contribution is 2.41. The largest absolute Gasteiger partial charge is 0.307 e. The number of carbonyl (C=O) groups is 1. The Labute approximate surface area is 143 Å². The summed E-state index contributed by atoms with van der Waals surface area (Å²) in [5.41, 5.74) is 3.47. The Morgan fingerprint density at radius 3 is 2.50 bits per heavy atom. The summed E-state index contributed by atoms with van der Waals surface area (Å²) in [7, 11) is -3.34. The number of amides is 1. The molecule has 1 heterocycles. The maximum absolute atomic E-state index is 13.0. The number of fused-ring (bicyclic) bond motifs is 1. The number of sulfone groups is 1. The molecule has 0 spiro atoms. The standard InChI is InChI=1S/C19H21NO3S/c1-13-8-9-17-16(10-13)19(2,3)12-20(17)18(21)14-6-5-7-15(11-14)24(4,22)23/h5-11H,12H2,1-4H3. The predicted molar refractivity (Wildman–Crippen MR) is 95.4 cm³/mol. The van der Waals surface area contributed by atoms with Crippen LogP contribution in [-0.4, -0.2) is 27.1 Å². The molecular formula is C19H21NO3S. The van der Waals surface area contributed by atoms with Gasteiger partial charge in [0, 0.05) is 29.5 Å². The molecule has 126 valence electrons. The van der Waals surface area contributed by atoms with Crippen LogP contribution in [0.3, 0.4) is 0 Å². The molecule has 1 aliphatic heterocycles. The molecule has 0 bridgehead atoms. The van der Waals surface area contributed by atoms with Gasteiger partial charge in [0.2, 0.25) is 0 Å². The van der Waals surface area contributed by atoms with Crippen molar-refractivity contribution in [2.24, 2.45) is 0 Å². The van der Waals surface area contributed by atoms with Crippen molar-refractivity contribution in [1.29, 1.82) is 0 Å². The van der Waals surface area contributed by atoms with Gasteiger partial charge in [-0.15, -0.1) is 0 Å². The number of rotatable bonds is 2. The Kier molecular flexibility index (Phi) is 3.79. The fraction of sp³-hybridized carbons (Fsp3) is 0.316. The molecule has 0 fully saturated rings. The Bertz CT molecular complexity index is 929. The first-order valence-electron chi connectivity index (χ1n) is 7.83. The first-order valence-corrected chi connectivity index (χ1v) is 9.72. The molecule has 1 amide bonds. The Morgan fingerprint density at radius 2 is 1.83 bits per heavy atom. The van der Waals surface area contributed by atoms with Crippen LogP contribution >= 0.6 is 0 Å². The fourth-order valence-electron chi connectivity index (χ4n) is 3.19. The van der Waals surface area contributed by atoms with Crippen molar-refractivity contribution >= 4 is 21.4 Å². The van der Waals surface area contributed by atoms with E-state index in [1.54, 1.807) is 17.0 Å². The zero-order valence-corrected chi connectivity index (χ0v) is 15.1. The summed E-state index contributed by atoms with van der Waals surface area (Å²) in [6.45, 7) is 6.85. The lowest BCUT2D eigenvalue weighted by atomic mass is 9.86. The van der Waals surface area contributed by atoms with Crippen molar-refractivity contribution in [2.45, 2.75) is 31.1 Å². The third kappa shape index (κ3) is 2.84. The van der Waals surface area contributed by atoms with E-state index in [4.69, 9.17) is 0 Å². The second-order valence-corrected chi connectivity index (χ2v) is 9.11. The highest BCUT2D eigenvalue weighted by atomic mass is 32.2. The van der Waals surface area contributed by atoms with Crippen molar-refractivity contribution in [3.63, 3.8) is 0 Å². The zero-order chi connectivity index (χ0) is 17.7. The lowest BCUT2D eigenvalue weighted by Gasteiger charge is -2.21. The predicted octanol–water partition coefficient (Wildman–Crippen LogP) is 3.34. The molecule has 0 aliphatic carbocycles. The monoisotopic (exact) mass is 343 g/mol. The van der Waals surface area contributed by atoms with Gasteiger partial charge in [0.1, 0.15) is 0 Å². The summed E-state index contributed by atoms with van der Waals surface area (Å²) >= 11 is 0. The summed E-state index contributed by atoms with van der Waals surface area (Å²) in [6.07, 6.45) is 1.15. The van der Waals surface area contributed by atoms with Gasteiger partial charge in [-0.25, -0.2) is 8.42 Å². The highest BCUT2D eigenvalue weighted by molar-refractivity contribution is 7.90. The molecule has 0 radical (unpaired) electrons. The fourth-order valence-corrected chi connectivity index (χ4v) is 3.86. The van der Waals surface area contributed by atoms with Crippen LogP contribution in [0.1, 0.15) is 35.3 Å². The van der Waals surface area contributed by atoms with Crippen molar-refractivity contribution in [3.8, 4) is 0 Å². The van der Waals surface area contributed by atoms with Crippen molar-refractivity contribution < 1.29 is 13.2 Å². The van der Waals surface area contributed by atoms with Gasteiger partial charge in [-0.2, -0.15) is 0 Å². The SMILES string of the molecule is Cc1ccc2c(c1)C(C)(C)CN2C(=O)c1cccc(S(C)(=O)=O)c1. The molecule has 0 saturated heterocycles. The molecule has 2 aromatic carbocycles. The number of hydrogen-bond acceptors (Lipinski definition) is 3. The van der Waals surface area contributed by atoms with Crippen LogP contribution in [0.25, 0.3) is 0 Å². The van der Waals surface area contributed by atoms with Crippen LogP contribution in [0.2, 0.25) is 0 Å². The summed E-state index contributed by atoms with van der Waals surface area (Å²) in [5.74, 6) is -0.170. The minimum atomic E-state index is -3.34. The van der Waals surface area contributed by atoms with Crippen molar-refractivity contribution in [1.82, 2.24) is 0 Å². The van der Waals surface area contributed by atoms with Crippen molar-refractivity contribution in [2.75, 3.05) is 17.7 Å². The van der Waals surface area contributed by atoms with Crippen LogP contribution in [0.15, 0.2) is 47.4 Å². The number of hydrogen-bond donors (Lipinski definition) is 0. The van der Waals surface area contributed by atoms with Crippen LogP contribution in [0.4, 0.5) is 5.69 Å². The van der Waals surface area contributed by atoms with Gasteiger partial charge in [0.25, 0.3) is 5.91 Å². The minimum Gasteiger partial charge on any atom is -0.307 e. The molecule has 24 heavy (non-hydrogen) atoms. The van der Waals surface area contributed by atoms with Gasteiger partial charge in [-0.3, -0.25) is 4.79 Å². The first-order chi connectivity index (χ1) is 11.1. The molecule has 0 unspecified atom stereocenters. The van der Waals surface area contributed by atoms with E-state index in [9.17, 15) is 13.2 Å². The summed E-state index contributed by atoms with van der Waals surface area (Å²) in [4.78, 5) is 14.9. The van der Waals surface area contributed by atoms with E-state index in [-0.39, 0.29) is 16.2 Å².